The number of nitrogens with one attached hydrogen (secondary N) is 1. The second-order valence-corrected chi connectivity index (χ2v) is 20.9. The topological polar surface area (TPSA) is 140 Å². The number of carbonyl (C=O) groups is 2. The van der Waals surface area contributed by atoms with Crippen molar-refractivity contribution in [2.45, 2.75) is 62.5 Å². The molecular formula is C46H60ClN7O7S. The quantitative estimate of drug-likeness (QED) is 0.300. The fourth-order valence-electron chi connectivity index (χ4n) is 10.8. The Bertz CT molecular complexity index is 2340. The molecule has 6 atom stereocenters. The molecule has 14 nitrogen and oxygen atoms in total. The zero-order valence-electron chi connectivity index (χ0n) is 36.4. The fraction of sp³-hybridized carbons (Fsp3) is 0.587. The van der Waals surface area contributed by atoms with Gasteiger partial charge >= 0.3 is 0 Å². The van der Waals surface area contributed by atoms with E-state index < -0.39 is 27.3 Å². The minimum Gasteiger partial charge on any atom is -0.490 e. The van der Waals surface area contributed by atoms with Gasteiger partial charge in [-0.05, 0) is 97.7 Å². The van der Waals surface area contributed by atoms with E-state index in [2.05, 4.69) is 53.2 Å². The lowest BCUT2D eigenvalue weighted by Gasteiger charge is -2.52. The summed E-state index contributed by atoms with van der Waals surface area (Å²) in [6.07, 6.45) is 11.5. The number of hydrogen-bond donors (Lipinski definition) is 1. The van der Waals surface area contributed by atoms with Crippen molar-refractivity contribution in [2.75, 3.05) is 90.5 Å². The summed E-state index contributed by atoms with van der Waals surface area (Å²) < 4.78 is 47.9. The second kappa shape index (κ2) is 17.5. The monoisotopic (exact) mass is 889 g/mol. The maximum absolute atomic E-state index is 15.0. The van der Waals surface area contributed by atoms with E-state index >= 15 is 0 Å². The van der Waals surface area contributed by atoms with Crippen molar-refractivity contribution in [3.63, 3.8) is 0 Å². The molecule has 1 N–H and O–H groups in total. The zero-order chi connectivity index (χ0) is 43.2. The molecule has 334 valence electrons. The molecule has 16 heteroatoms. The van der Waals surface area contributed by atoms with Gasteiger partial charge in [-0.1, -0.05) is 36.7 Å². The normalized spacial score (nSPS) is 31.3. The van der Waals surface area contributed by atoms with Gasteiger partial charge in [0, 0.05) is 82.2 Å². The van der Waals surface area contributed by atoms with Crippen molar-refractivity contribution in [3.8, 4) is 11.6 Å². The Labute approximate surface area is 370 Å². The summed E-state index contributed by atoms with van der Waals surface area (Å²) >= 11 is 6.56. The van der Waals surface area contributed by atoms with Crippen LogP contribution in [0.15, 0.2) is 59.1 Å². The molecular weight excluding hydrogens is 830 g/mol. The van der Waals surface area contributed by atoms with Crippen LogP contribution in [0, 0.1) is 17.8 Å². The molecule has 5 heterocycles. The molecule has 1 unspecified atom stereocenters. The Morgan fingerprint density at radius 3 is 2.65 bits per heavy atom. The van der Waals surface area contributed by atoms with Crippen molar-refractivity contribution < 1.29 is 32.7 Å². The van der Waals surface area contributed by atoms with Crippen molar-refractivity contribution in [1.82, 2.24) is 24.3 Å². The van der Waals surface area contributed by atoms with E-state index in [1.54, 1.807) is 13.1 Å². The highest BCUT2D eigenvalue weighted by atomic mass is 35.5. The van der Waals surface area contributed by atoms with Crippen LogP contribution in [0.3, 0.4) is 0 Å². The average molecular weight is 891 g/mol. The van der Waals surface area contributed by atoms with Gasteiger partial charge in [-0.15, -0.1) is 9.46 Å². The summed E-state index contributed by atoms with van der Waals surface area (Å²) in [5, 5.41) is 4.94. The summed E-state index contributed by atoms with van der Waals surface area (Å²) in [6, 6.07) is 12.2. The third-order valence-corrected chi connectivity index (χ3v) is 16.6. The van der Waals surface area contributed by atoms with Crippen molar-refractivity contribution in [1.29, 1.82) is 0 Å². The highest BCUT2D eigenvalue weighted by Crippen LogP contribution is 2.49. The summed E-state index contributed by atoms with van der Waals surface area (Å²) in [5.41, 5.74) is 2.81. The van der Waals surface area contributed by atoms with Crippen LogP contribution >= 0.6 is 11.6 Å². The van der Waals surface area contributed by atoms with Gasteiger partial charge in [0.2, 0.25) is 5.88 Å². The zero-order valence-corrected chi connectivity index (χ0v) is 37.9. The molecule has 2 aromatic carbocycles. The molecule has 2 amide bonds. The lowest BCUT2D eigenvalue weighted by atomic mass is 9.63. The first kappa shape index (κ1) is 43.3. The minimum absolute atomic E-state index is 0.0532. The van der Waals surface area contributed by atoms with Gasteiger partial charge in [0.15, 0.2) is 0 Å². The molecule has 3 fully saturated rings. The number of benzene rings is 2. The molecule has 9 rings (SSSR count). The number of allylic oxidation sites excluding steroid dienone is 1. The van der Waals surface area contributed by atoms with E-state index in [1.807, 2.05) is 32.2 Å². The Kier molecular flexibility index (Phi) is 12.2. The smallest absolute Gasteiger partial charge is 0.286 e. The van der Waals surface area contributed by atoms with Gasteiger partial charge in [-0.2, -0.15) is 0 Å². The first-order chi connectivity index (χ1) is 29.9. The highest BCUT2D eigenvalue weighted by molar-refractivity contribution is 7.92. The van der Waals surface area contributed by atoms with E-state index in [4.69, 9.17) is 30.5 Å². The molecule has 2 saturated heterocycles. The number of fused-ring (bicyclic) bond motifs is 4. The number of rotatable bonds is 7. The number of ether oxygens (including phenoxy) is 4. The Hall–Kier alpha value is -3.99. The number of nitrogens with zero attached hydrogens (tertiary/aromatic N) is 6. The van der Waals surface area contributed by atoms with Crippen LogP contribution in [0.4, 0.5) is 5.69 Å². The number of hydrogen-bond acceptors (Lipinski definition) is 11. The lowest BCUT2D eigenvalue weighted by molar-refractivity contribution is -0.107. The number of amides is 2. The van der Waals surface area contributed by atoms with E-state index in [9.17, 15) is 13.8 Å². The van der Waals surface area contributed by atoms with Gasteiger partial charge in [-0.25, -0.2) is 4.21 Å². The largest absolute Gasteiger partial charge is 0.490 e. The third kappa shape index (κ3) is 8.52. The molecule has 1 spiro atoms. The van der Waals surface area contributed by atoms with Crippen LogP contribution in [0.2, 0.25) is 5.02 Å². The number of aromatic nitrogens is 2. The van der Waals surface area contributed by atoms with Gasteiger partial charge in [0.05, 0.1) is 44.4 Å². The maximum Gasteiger partial charge on any atom is 0.286 e. The Balaban J connectivity index is 1.11. The molecule has 4 aliphatic heterocycles. The van der Waals surface area contributed by atoms with E-state index in [1.165, 1.54) is 29.1 Å². The first-order valence-electron chi connectivity index (χ1n) is 22.2. The number of methoxy groups -OCH3 is 2. The Morgan fingerprint density at radius 2 is 1.92 bits per heavy atom. The van der Waals surface area contributed by atoms with E-state index in [-0.39, 0.29) is 40.0 Å². The number of aryl methyl sites for hydroxylation is 2. The van der Waals surface area contributed by atoms with Crippen molar-refractivity contribution in [3.05, 3.63) is 82.0 Å². The highest BCUT2D eigenvalue weighted by Gasteiger charge is 2.50. The number of carbonyl (C=O) groups excluding carboxylic acids is 2. The van der Waals surface area contributed by atoms with E-state index in [0.717, 1.165) is 95.3 Å². The molecule has 0 radical (unpaired) electrons. The lowest BCUT2D eigenvalue weighted by Crippen LogP contribution is -2.61. The van der Waals surface area contributed by atoms with Crippen molar-refractivity contribution in [2.24, 2.45) is 29.2 Å². The summed E-state index contributed by atoms with van der Waals surface area (Å²) in [5.74, 6) is -0.334. The van der Waals surface area contributed by atoms with Gasteiger partial charge in [0.1, 0.15) is 26.8 Å². The van der Waals surface area contributed by atoms with E-state index in [0.29, 0.717) is 37.3 Å². The fourth-order valence-corrected chi connectivity index (χ4v) is 12.9. The average Bonchev–Trinajstić information content (AvgIpc) is 3.54. The van der Waals surface area contributed by atoms with Crippen LogP contribution in [0.25, 0.3) is 0 Å². The van der Waals surface area contributed by atoms with Gasteiger partial charge in [-0.3, -0.25) is 28.8 Å². The third-order valence-electron chi connectivity index (χ3n) is 14.3. The van der Waals surface area contributed by atoms with Crippen LogP contribution in [-0.2, 0) is 38.3 Å². The molecule has 6 aliphatic rings. The molecule has 3 aromatic rings. The molecule has 2 bridgehead atoms. The second-order valence-electron chi connectivity index (χ2n) is 18.5. The standard InChI is InChI=1S/C46H60ClN7O7S/c1-31-7-5-16-46(59-4,29-52-17-19-53(20-18-52)36-25-60-26-36)39-12-9-34(39)23-54-28-45(15-6-8-32-21-35(47)11-13-38(32)45)30-61-41-14-10-33(22-40(41)54)42(55)49-62(57,27-31)50-43(56)37-24-51(2)48-44(37)58-3/h5,10-11,13-14,16,21-22,24,31,34,36,39H,6-9,12,15,17-20,23,25-30H2,1-4H3,(H,49,50,55,56,57)/b16-5+/t31-,34-,39+,45-,46+,62?/m0/s1. The maximum atomic E-state index is 15.0. The number of halogens is 1. The molecule has 2 aliphatic carbocycles. The first-order valence-corrected chi connectivity index (χ1v) is 24.2. The van der Waals surface area contributed by atoms with Crippen LogP contribution in [-0.4, -0.2) is 133 Å². The van der Waals surface area contributed by atoms with Gasteiger partial charge in [0.25, 0.3) is 11.8 Å². The predicted molar refractivity (Wildman–Crippen MR) is 239 cm³/mol. The van der Waals surface area contributed by atoms with Crippen LogP contribution < -0.4 is 19.1 Å². The predicted octanol–water partition coefficient (Wildman–Crippen LogP) is 5.53. The van der Waals surface area contributed by atoms with Crippen LogP contribution in [0.1, 0.15) is 70.9 Å². The van der Waals surface area contributed by atoms with Crippen LogP contribution in [0.5, 0.6) is 11.6 Å². The molecule has 62 heavy (non-hydrogen) atoms. The molecule has 1 saturated carbocycles. The summed E-state index contributed by atoms with van der Waals surface area (Å²) in [4.78, 5) is 35.6. The number of piperazine rings is 1. The minimum atomic E-state index is -3.66. The molecule has 1 aromatic heterocycles. The van der Waals surface area contributed by atoms with Gasteiger partial charge < -0.3 is 23.8 Å². The summed E-state index contributed by atoms with van der Waals surface area (Å²) in [7, 11) is 1.27. The SMILES string of the molecule is COc1nn(C)cc1C(=O)NS1(=O)=NC(=O)c2ccc3c(c2)N(C[C@@H]2CC[C@H]2[C@@](CN2CCN(C4COC4)CC2)(OC)/C=C/C[C@H](C)C1)C[C@@]1(CCCc2cc(Cl)ccc21)CO3. The van der Waals surface area contributed by atoms with Crippen molar-refractivity contribution >= 4 is 39.0 Å². The Morgan fingerprint density at radius 1 is 1.10 bits per heavy atom. The number of anilines is 1. The summed E-state index contributed by atoms with van der Waals surface area (Å²) in [6.45, 7) is 10.2.